The zero-order valence-electron chi connectivity index (χ0n) is 11.5. The van der Waals surface area contributed by atoms with Gasteiger partial charge in [-0.1, -0.05) is 23.7 Å². The molecule has 2 aromatic carbocycles. The number of carbonyl (C=O) groups excluding carboxylic acids is 1. The minimum atomic E-state index is -0.599. The van der Waals surface area contributed by atoms with Crippen LogP contribution in [0.4, 0.5) is 4.39 Å². The number of methoxy groups -OCH3 is 1. The molecule has 0 radical (unpaired) electrons. The van der Waals surface area contributed by atoms with Crippen LogP contribution in [0.2, 0.25) is 5.02 Å². The molecule has 2 rings (SSSR count). The monoisotopic (exact) mass is 307 g/mol. The van der Waals surface area contributed by atoms with Crippen LogP contribution in [0, 0.1) is 5.82 Å². The Morgan fingerprint density at radius 2 is 1.95 bits per heavy atom. The number of nitrogens with one attached hydrogen (secondary N) is 1. The van der Waals surface area contributed by atoms with Crippen molar-refractivity contribution in [2.45, 2.75) is 6.42 Å². The van der Waals surface area contributed by atoms with Crippen molar-refractivity contribution >= 4 is 17.5 Å². The lowest BCUT2D eigenvalue weighted by molar-refractivity contribution is 0.0950. The molecule has 5 heteroatoms. The Hall–Kier alpha value is -2.07. The average molecular weight is 308 g/mol. The van der Waals surface area contributed by atoms with Crippen LogP contribution in [0.25, 0.3) is 0 Å². The summed E-state index contributed by atoms with van der Waals surface area (Å²) in [5.74, 6) is -0.660. The van der Waals surface area contributed by atoms with Crippen molar-refractivity contribution < 1.29 is 13.9 Å². The van der Waals surface area contributed by atoms with Gasteiger partial charge in [0, 0.05) is 17.6 Å². The standard InChI is InChI=1S/C16H15ClFNO2/c1-21-13-6-7-14(15(18)10-13)16(20)19-9-8-11-2-4-12(17)5-3-11/h2-7,10H,8-9H2,1H3,(H,19,20). The van der Waals surface area contributed by atoms with E-state index in [4.69, 9.17) is 16.3 Å². The molecule has 0 unspecified atom stereocenters. The van der Waals surface area contributed by atoms with E-state index in [1.807, 2.05) is 12.1 Å². The minimum absolute atomic E-state index is 0.00639. The second-order valence-electron chi connectivity index (χ2n) is 4.48. The zero-order valence-corrected chi connectivity index (χ0v) is 12.3. The highest BCUT2D eigenvalue weighted by molar-refractivity contribution is 6.30. The van der Waals surface area contributed by atoms with Crippen molar-refractivity contribution in [3.05, 3.63) is 64.4 Å². The van der Waals surface area contributed by atoms with Gasteiger partial charge in [-0.05, 0) is 36.2 Å². The number of hydrogen-bond donors (Lipinski definition) is 1. The van der Waals surface area contributed by atoms with Gasteiger partial charge in [-0.25, -0.2) is 4.39 Å². The molecule has 0 bridgehead atoms. The van der Waals surface area contributed by atoms with Crippen molar-refractivity contribution in [3.8, 4) is 5.75 Å². The van der Waals surface area contributed by atoms with Crippen LogP contribution in [0.3, 0.4) is 0 Å². The predicted molar refractivity (Wildman–Crippen MR) is 80.4 cm³/mol. The molecule has 1 amide bonds. The van der Waals surface area contributed by atoms with Crippen LogP contribution in [-0.2, 0) is 6.42 Å². The Kier molecular flexibility index (Phi) is 5.17. The maximum absolute atomic E-state index is 13.7. The Bertz CT molecular complexity index is 629. The fraction of sp³-hybridized carbons (Fsp3) is 0.188. The lowest BCUT2D eigenvalue weighted by atomic mass is 10.1. The van der Waals surface area contributed by atoms with E-state index in [1.54, 1.807) is 18.2 Å². The second kappa shape index (κ2) is 7.09. The Balaban J connectivity index is 1.91. The summed E-state index contributed by atoms with van der Waals surface area (Å²) in [5, 5.41) is 3.36. The molecule has 0 aliphatic rings. The van der Waals surface area contributed by atoms with Crippen molar-refractivity contribution in [2.75, 3.05) is 13.7 Å². The van der Waals surface area contributed by atoms with Gasteiger partial charge in [-0.15, -0.1) is 0 Å². The van der Waals surface area contributed by atoms with Gasteiger partial charge in [0.25, 0.3) is 5.91 Å². The quantitative estimate of drug-likeness (QED) is 0.918. The second-order valence-corrected chi connectivity index (χ2v) is 4.91. The number of hydrogen-bond acceptors (Lipinski definition) is 2. The number of ether oxygens (including phenoxy) is 1. The highest BCUT2D eigenvalue weighted by Crippen LogP contribution is 2.16. The molecule has 0 spiro atoms. The summed E-state index contributed by atoms with van der Waals surface area (Å²) in [7, 11) is 1.45. The molecular formula is C16H15ClFNO2. The first-order valence-electron chi connectivity index (χ1n) is 6.46. The van der Waals surface area contributed by atoms with Gasteiger partial charge in [-0.2, -0.15) is 0 Å². The van der Waals surface area contributed by atoms with Crippen LogP contribution < -0.4 is 10.1 Å². The Labute approximate surface area is 127 Å². The van der Waals surface area contributed by atoms with E-state index in [-0.39, 0.29) is 5.56 Å². The molecule has 0 aliphatic heterocycles. The van der Waals surface area contributed by atoms with Gasteiger partial charge >= 0.3 is 0 Å². The van der Waals surface area contributed by atoms with E-state index in [9.17, 15) is 9.18 Å². The van der Waals surface area contributed by atoms with E-state index in [0.29, 0.717) is 23.7 Å². The Morgan fingerprint density at radius 1 is 1.24 bits per heavy atom. The fourth-order valence-corrected chi connectivity index (χ4v) is 2.00. The van der Waals surface area contributed by atoms with E-state index < -0.39 is 11.7 Å². The van der Waals surface area contributed by atoms with E-state index in [0.717, 1.165) is 5.56 Å². The molecule has 0 aliphatic carbocycles. The molecule has 0 fully saturated rings. The van der Waals surface area contributed by atoms with Crippen molar-refractivity contribution in [1.29, 1.82) is 0 Å². The number of amides is 1. The third-order valence-electron chi connectivity index (χ3n) is 3.03. The molecular weight excluding hydrogens is 293 g/mol. The van der Waals surface area contributed by atoms with E-state index in [1.165, 1.54) is 19.2 Å². The minimum Gasteiger partial charge on any atom is -0.497 e. The topological polar surface area (TPSA) is 38.3 Å². The molecule has 2 aromatic rings. The molecule has 0 saturated heterocycles. The molecule has 3 nitrogen and oxygen atoms in total. The molecule has 1 N–H and O–H groups in total. The van der Waals surface area contributed by atoms with Crippen LogP contribution in [0.1, 0.15) is 15.9 Å². The SMILES string of the molecule is COc1ccc(C(=O)NCCc2ccc(Cl)cc2)c(F)c1. The van der Waals surface area contributed by atoms with E-state index in [2.05, 4.69) is 5.32 Å². The summed E-state index contributed by atoms with van der Waals surface area (Å²) >= 11 is 5.80. The van der Waals surface area contributed by atoms with Crippen molar-refractivity contribution in [2.24, 2.45) is 0 Å². The molecule has 0 atom stereocenters. The van der Waals surface area contributed by atoms with Gasteiger partial charge in [0.05, 0.1) is 12.7 Å². The van der Waals surface area contributed by atoms with Crippen LogP contribution >= 0.6 is 11.6 Å². The summed E-state index contributed by atoms with van der Waals surface area (Å²) in [5.41, 5.74) is 1.06. The lowest BCUT2D eigenvalue weighted by Gasteiger charge is -2.07. The molecule has 0 heterocycles. The predicted octanol–water partition coefficient (Wildman–Crippen LogP) is 3.46. The summed E-state index contributed by atoms with van der Waals surface area (Å²) in [6, 6.07) is 11.5. The van der Waals surface area contributed by atoms with E-state index >= 15 is 0 Å². The zero-order chi connectivity index (χ0) is 15.2. The lowest BCUT2D eigenvalue weighted by Crippen LogP contribution is -2.26. The van der Waals surface area contributed by atoms with Gasteiger partial charge in [-0.3, -0.25) is 4.79 Å². The first-order chi connectivity index (χ1) is 10.1. The maximum atomic E-state index is 13.7. The normalized spacial score (nSPS) is 10.2. The van der Waals surface area contributed by atoms with Crippen molar-refractivity contribution in [3.63, 3.8) is 0 Å². The average Bonchev–Trinajstić information content (AvgIpc) is 2.49. The molecule has 0 saturated carbocycles. The summed E-state index contributed by atoms with van der Waals surface area (Å²) in [4.78, 5) is 11.9. The highest BCUT2D eigenvalue weighted by Gasteiger charge is 2.11. The molecule has 21 heavy (non-hydrogen) atoms. The van der Waals surface area contributed by atoms with Gasteiger partial charge in [0.2, 0.25) is 0 Å². The largest absolute Gasteiger partial charge is 0.497 e. The third-order valence-corrected chi connectivity index (χ3v) is 3.29. The van der Waals surface area contributed by atoms with Gasteiger partial charge in [0.15, 0.2) is 0 Å². The summed E-state index contributed by atoms with van der Waals surface area (Å²) in [6.07, 6.45) is 0.653. The number of rotatable bonds is 5. The number of halogens is 2. The first-order valence-corrected chi connectivity index (χ1v) is 6.84. The highest BCUT2D eigenvalue weighted by atomic mass is 35.5. The summed E-state index contributed by atoms with van der Waals surface area (Å²) < 4.78 is 18.6. The first kappa shape index (κ1) is 15.3. The summed E-state index contributed by atoms with van der Waals surface area (Å²) in [6.45, 7) is 0.423. The maximum Gasteiger partial charge on any atom is 0.254 e. The Morgan fingerprint density at radius 3 is 2.57 bits per heavy atom. The smallest absolute Gasteiger partial charge is 0.254 e. The molecule has 110 valence electrons. The van der Waals surface area contributed by atoms with Crippen molar-refractivity contribution in [1.82, 2.24) is 5.32 Å². The number of benzene rings is 2. The van der Waals surface area contributed by atoms with Crippen LogP contribution in [-0.4, -0.2) is 19.6 Å². The van der Waals surface area contributed by atoms with Gasteiger partial charge in [0.1, 0.15) is 11.6 Å². The van der Waals surface area contributed by atoms with Crippen LogP contribution in [0.15, 0.2) is 42.5 Å². The van der Waals surface area contributed by atoms with Gasteiger partial charge < -0.3 is 10.1 Å². The number of carbonyl (C=O) groups is 1. The molecule has 0 aromatic heterocycles. The third kappa shape index (κ3) is 4.20. The fourth-order valence-electron chi connectivity index (χ4n) is 1.87. The van der Waals surface area contributed by atoms with Crippen LogP contribution in [0.5, 0.6) is 5.75 Å².